The smallest absolute Gasteiger partial charge is 0.328 e. The van der Waals surface area contributed by atoms with Gasteiger partial charge in [0.05, 0.1) is 0 Å². The molecule has 0 spiro atoms. The summed E-state index contributed by atoms with van der Waals surface area (Å²) in [7, 11) is 0. The third-order valence-corrected chi connectivity index (χ3v) is 1.65. The van der Waals surface area contributed by atoms with Crippen LogP contribution in [0, 0.1) is 0 Å². The average molecular weight is 187 g/mol. The summed E-state index contributed by atoms with van der Waals surface area (Å²) in [4.78, 5) is 0. The molecule has 72 valence electrons. The quantitative estimate of drug-likeness (QED) is 0.781. The van der Waals surface area contributed by atoms with Gasteiger partial charge in [0, 0.05) is 6.54 Å². The summed E-state index contributed by atoms with van der Waals surface area (Å²) in [6.07, 6.45) is -0.721. The van der Waals surface area contributed by atoms with Crippen molar-refractivity contribution in [2.24, 2.45) is 5.73 Å². The fourth-order valence-corrected chi connectivity index (χ4v) is 1.06. The lowest BCUT2D eigenvalue weighted by Crippen LogP contribution is -2.18. The van der Waals surface area contributed by atoms with Crippen LogP contribution in [-0.4, -0.2) is 13.2 Å². The summed E-state index contributed by atoms with van der Waals surface area (Å²) in [5.74, 6) is 0. The molecule has 0 aliphatic rings. The van der Waals surface area contributed by atoms with Crippen LogP contribution in [0.15, 0.2) is 30.3 Å². The summed E-state index contributed by atoms with van der Waals surface area (Å²) in [5, 5.41) is 0. The lowest BCUT2D eigenvalue weighted by atomic mass is 10.1. The van der Waals surface area contributed by atoms with Crippen LogP contribution in [0.1, 0.15) is 11.7 Å². The summed E-state index contributed by atoms with van der Waals surface area (Å²) >= 11 is 0. The van der Waals surface area contributed by atoms with Crippen molar-refractivity contribution >= 4 is 0 Å². The number of nitrogens with two attached hydrogens (primary N) is 1. The van der Waals surface area contributed by atoms with Crippen molar-refractivity contribution in [3.8, 4) is 0 Å². The minimum absolute atomic E-state index is 0.0500. The summed E-state index contributed by atoms with van der Waals surface area (Å²) in [6, 6.07) is 8.74. The highest BCUT2D eigenvalue weighted by Gasteiger charge is 2.14. The Kier molecular flexibility index (Phi) is 3.79. The molecule has 2 N–H and O–H groups in total. The summed E-state index contributed by atoms with van der Waals surface area (Å²) in [5.41, 5.74) is 5.97. The van der Waals surface area contributed by atoms with Crippen molar-refractivity contribution in [1.82, 2.24) is 0 Å². The van der Waals surface area contributed by atoms with E-state index in [0.29, 0.717) is 5.56 Å². The van der Waals surface area contributed by atoms with Gasteiger partial charge in [-0.05, 0) is 5.56 Å². The Morgan fingerprint density at radius 2 is 1.85 bits per heavy atom. The largest absolute Gasteiger partial charge is 0.345 e. The van der Waals surface area contributed by atoms with Crippen molar-refractivity contribution in [2.45, 2.75) is 12.7 Å². The van der Waals surface area contributed by atoms with Crippen molar-refractivity contribution < 1.29 is 13.5 Å². The van der Waals surface area contributed by atoms with E-state index >= 15 is 0 Å². The molecule has 0 amide bonds. The van der Waals surface area contributed by atoms with Crippen molar-refractivity contribution in [1.29, 1.82) is 0 Å². The second-order valence-corrected chi connectivity index (χ2v) is 2.53. The van der Waals surface area contributed by atoms with Gasteiger partial charge >= 0.3 is 6.61 Å². The molecule has 1 unspecified atom stereocenters. The third kappa shape index (κ3) is 3.08. The van der Waals surface area contributed by atoms with E-state index in [9.17, 15) is 8.78 Å². The molecule has 0 heterocycles. The van der Waals surface area contributed by atoms with Gasteiger partial charge in [-0.2, -0.15) is 8.78 Å². The lowest BCUT2D eigenvalue weighted by molar-refractivity contribution is -0.162. The SMILES string of the molecule is NCC(OC(F)F)c1ccccc1. The molecule has 0 fully saturated rings. The monoisotopic (exact) mass is 187 g/mol. The van der Waals surface area contributed by atoms with Gasteiger partial charge in [-0.1, -0.05) is 30.3 Å². The first kappa shape index (κ1) is 10.1. The van der Waals surface area contributed by atoms with E-state index in [1.165, 1.54) is 0 Å². The fourth-order valence-electron chi connectivity index (χ4n) is 1.06. The number of alkyl halides is 2. The summed E-state index contributed by atoms with van der Waals surface area (Å²) < 4.78 is 28.1. The predicted octanol–water partition coefficient (Wildman–Crippen LogP) is 1.93. The van der Waals surface area contributed by atoms with Crippen LogP contribution in [0.5, 0.6) is 0 Å². The molecule has 0 bridgehead atoms. The molecular weight excluding hydrogens is 176 g/mol. The Bertz CT molecular complexity index is 241. The van der Waals surface area contributed by atoms with Crippen molar-refractivity contribution in [3.63, 3.8) is 0 Å². The average Bonchev–Trinajstić information content (AvgIpc) is 2.15. The highest BCUT2D eigenvalue weighted by Crippen LogP contribution is 2.18. The molecule has 1 atom stereocenters. The van der Waals surface area contributed by atoms with Gasteiger partial charge in [0.1, 0.15) is 6.10 Å². The van der Waals surface area contributed by atoms with Crippen LogP contribution in [-0.2, 0) is 4.74 Å². The number of ether oxygens (including phenoxy) is 1. The fraction of sp³-hybridized carbons (Fsp3) is 0.333. The van der Waals surface area contributed by atoms with Crippen LogP contribution in [0.25, 0.3) is 0 Å². The van der Waals surface area contributed by atoms with Crippen LogP contribution < -0.4 is 5.73 Å². The van der Waals surface area contributed by atoms with Crippen LogP contribution in [0.4, 0.5) is 8.78 Å². The zero-order valence-electron chi connectivity index (χ0n) is 6.99. The number of halogens is 2. The highest BCUT2D eigenvalue weighted by molar-refractivity contribution is 5.17. The van der Waals surface area contributed by atoms with Gasteiger partial charge in [0.2, 0.25) is 0 Å². The highest BCUT2D eigenvalue weighted by atomic mass is 19.3. The maximum absolute atomic E-state index is 11.9. The molecule has 2 nitrogen and oxygen atoms in total. The molecule has 0 saturated carbocycles. The van der Waals surface area contributed by atoms with Crippen LogP contribution >= 0.6 is 0 Å². The number of rotatable bonds is 4. The molecule has 0 saturated heterocycles. The summed E-state index contributed by atoms with van der Waals surface area (Å²) in [6.45, 7) is -2.73. The molecule has 0 radical (unpaired) electrons. The van der Waals surface area contributed by atoms with E-state index in [1.54, 1.807) is 30.3 Å². The molecule has 0 aliphatic heterocycles. The molecule has 1 rings (SSSR count). The molecule has 4 heteroatoms. The van der Waals surface area contributed by atoms with Gasteiger partial charge < -0.3 is 10.5 Å². The second kappa shape index (κ2) is 4.89. The molecule has 1 aromatic carbocycles. The van der Waals surface area contributed by atoms with E-state index in [2.05, 4.69) is 4.74 Å². The van der Waals surface area contributed by atoms with E-state index in [1.807, 2.05) is 0 Å². The van der Waals surface area contributed by atoms with Gasteiger partial charge in [0.15, 0.2) is 0 Å². The second-order valence-electron chi connectivity index (χ2n) is 2.53. The molecule has 1 aromatic rings. The van der Waals surface area contributed by atoms with Crippen molar-refractivity contribution in [2.75, 3.05) is 6.54 Å². The molecular formula is C9H11F2NO. The number of benzene rings is 1. The van der Waals surface area contributed by atoms with Gasteiger partial charge in [0.25, 0.3) is 0 Å². The Balaban J connectivity index is 2.67. The first-order valence-electron chi connectivity index (χ1n) is 3.92. The van der Waals surface area contributed by atoms with Gasteiger partial charge in [-0.3, -0.25) is 0 Å². The zero-order valence-corrected chi connectivity index (χ0v) is 6.99. The lowest BCUT2D eigenvalue weighted by Gasteiger charge is -2.14. The van der Waals surface area contributed by atoms with E-state index in [-0.39, 0.29) is 6.54 Å². The van der Waals surface area contributed by atoms with Crippen molar-refractivity contribution in [3.05, 3.63) is 35.9 Å². The maximum Gasteiger partial charge on any atom is 0.345 e. The minimum atomic E-state index is -2.78. The molecule has 0 aliphatic carbocycles. The first-order chi connectivity index (χ1) is 6.24. The number of hydrogen-bond donors (Lipinski definition) is 1. The Hall–Kier alpha value is -1.00. The van der Waals surface area contributed by atoms with E-state index < -0.39 is 12.7 Å². The standard InChI is InChI=1S/C9H11F2NO/c10-9(11)13-8(6-12)7-4-2-1-3-5-7/h1-5,8-9H,6,12H2. The Morgan fingerprint density at radius 3 is 2.31 bits per heavy atom. The van der Waals surface area contributed by atoms with Crippen LogP contribution in [0.3, 0.4) is 0 Å². The minimum Gasteiger partial charge on any atom is -0.328 e. The Labute approximate surface area is 75.3 Å². The topological polar surface area (TPSA) is 35.2 Å². The first-order valence-corrected chi connectivity index (χ1v) is 3.92. The van der Waals surface area contributed by atoms with Gasteiger partial charge in [-0.25, -0.2) is 0 Å². The Morgan fingerprint density at radius 1 is 1.23 bits per heavy atom. The van der Waals surface area contributed by atoms with E-state index in [4.69, 9.17) is 5.73 Å². The zero-order chi connectivity index (χ0) is 9.68. The number of hydrogen-bond acceptors (Lipinski definition) is 2. The third-order valence-electron chi connectivity index (χ3n) is 1.65. The maximum atomic E-state index is 11.9. The predicted molar refractivity (Wildman–Crippen MR) is 45.3 cm³/mol. The van der Waals surface area contributed by atoms with Crippen LogP contribution in [0.2, 0.25) is 0 Å². The molecule has 13 heavy (non-hydrogen) atoms. The van der Waals surface area contributed by atoms with E-state index in [0.717, 1.165) is 0 Å². The normalized spacial score (nSPS) is 13.2. The molecule has 0 aromatic heterocycles. The van der Waals surface area contributed by atoms with Gasteiger partial charge in [-0.15, -0.1) is 0 Å².